The minimum absolute atomic E-state index is 5.75. The van der Waals surface area contributed by atoms with Crippen LogP contribution in [0.2, 0.25) is 0 Å². The summed E-state index contributed by atoms with van der Waals surface area (Å²) < 4.78 is 49.4. The number of hydrogen-bond acceptors (Lipinski definition) is 1. The monoisotopic (exact) mass is 227 g/mol. The zero-order valence-electron chi connectivity index (χ0n) is 3.10. The van der Waals surface area contributed by atoms with Gasteiger partial charge in [-0.2, -0.15) is 0 Å². The Morgan fingerprint density at radius 2 is 0.875 bits per heavy atom. The zero-order chi connectivity index (χ0) is 7.45. The molecule has 0 fully saturated rings. The number of halogens is 5. The van der Waals surface area contributed by atoms with Crippen LogP contribution in [0.1, 0.15) is 0 Å². The molecule has 0 heterocycles. The van der Waals surface area contributed by atoms with E-state index in [1.165, 1.54) is 0 Å². The molecule has 8 heteroatoms. The molecule has 0 saturated heterocycles. The average Bonchev–Trinajstić information content (AvgIpc) is 1.33. The van der Waals surface area contributed by atoms with Gasteiger partial charge in [0.15, 0.2) is 0 Å². The van der Waals surface area contributed by atoms with Crippen LogP contribution in [-0.4, -0.2) is 0 Å². The fourth-order valence-corrected chi connectivity index (χ4v) is 0. The van der Waals surface area contributed by atoms with Gasteiger partial charge in [-0.25, -0.2) is 0 Å². The van der Waals surface area contributed by atoms with E-state index in [-0.39, 0.29) is 0 Å². The van der Waals surface area contributed by atoms with Gasteiger partial charge >= 0.3 is 32.7 Å². The van der Waals surface area contributed by atoms with Crippen molar-refractivity contribution in [1.82, 2.24) is 0 Å². The second-order valence-electron chi connectivity index (χ2n) is 0.505. The second-order valence-corrected chi connectivity index (χ2v) is 2.99. The molecule has 0 rings (SSSR count). The van der Waals surface area contributed by atoms with Crippen LogP contribution in [0, 0.1) is 4.91 Å². The normalized spacial score (nSPS) is 14.9. The van der Waals surface area contributed by atoms with Crippen molar-refractivity contribution in [3.8, 4) is 0 Å². The minimum atomic E-state index is -8.97. The minimum Gasteiger partial charge on any atom is -0.577 e. The average molecular weight is 226 g/mol. The van der Waals surface area contributed by atoms with E-state index in [4.69, 9.17) is 10.5 Å². The van der Waals surface area contributed by atoms with E-state index in [9.17, 15) is 16.6 Å². The van der Waals surface area contributed by atoms with Crippen LogP contribution in [0.25, 0.3) is 5.59 Å². The summed E-state index contributed by atoms with van der Waals surface area (Å²) in [5.41, 5.74) is 5.75. The van der Waals surface area contributed by atoms with Crippen LogP contribution in [-0.2, 0) is 16.1 Å². The summed E-state index contributed by atoms with van der Waals surface area (Å²) in [6.45, 7) is 0. The van der Waals surface area contributed by atoms with Gasteiger partial charge in [-0.1, -0.05) is 0 Å². The molecule has 0 radical (unpaired) electrons. The van der Waals surface area contributed by atoms with Gasteiger partial charge in [0.05, 0.1) is 0 Å². The first-order valence-corrected chi connectivity index (χ1v) is 4.14. The smallest absolute Gasteiger partial charge is 0.423 e. The third kappa shape index (κ3) is 8700. The summed E-state index contributed by atoms with van der Waals surface area (Å²) >= 11 is -8.97. The van der Waals surface area contributed by atoms with E-state index in [0.29, 0.717) is 0 Å². The van der Waals surface area contributed by atoms with Crippen molar-refractivity contribution < 1.29 is 32.7 Å². The van der Waals surface area contributed by atoms with E-state index in [0.717, 1.165) is 0 Å². The van der Waals surface area contributed by atoms with Gasteiger partial charge in [0.1, 0.15) is 0 Å². The molecule has 0 N–H and O–H groups in total. The molecule has 0 saturated carbocycles. The zero-order valence-corrected chi connectivity index (χ0v) is 4.84. The topological polar surface area (TPSA) is 39.4 Å². The van der Waals surface area contributed by atoms with Crippen LogP contribution < -0.4 is 0 Å². The largest absolute Gasteiger partial charge is 0.577 e. The Morgan fingerprint density at radius 1 is 0.875 bits per heavy atom. The third-order valence-electron chi connectivity index (χ3n) is 0. The van der Waals surface area contributed by atoms with E-state index >= 15 is 0 Å². The fraction of sp³-hybridized carbons (Fsp3) is 0. The van der Waals surface area contributed by atoms with Gasteiger partial charge in [0, 0.05) is 0 Å². The molecule has 0 amide bonds. The predicted molar refractivity (Wildman–Crippen MR) is 12.3 cm³/mol. The summed E-state index contributed by atoms with van der Waals surface area (Å²) in [7, 11) is 0. The number of nitrogens with zero attached hydrogens (tertiary/aromatic N) is 1. The summed E-state index contributed by atoms with van der Waals surface area (Å²) in [4.78, 5) is 7.25. The molecule has 0 aliphatic carbocycles. The van der Waals surface area contributed by atoms with Crippen LogP contribution in [0.4, 0.5) is 16.6 Å². The first kappa shape index (κ1) is 10.8. The van der Waals surface area contributed by atoms with Crippen molar-refractivity contribution in [1.29, 1.82) is 0 Å². The van der Waals surface area contributed by atoms with Crippen molar-refractivity contribution in [3.05, 3.63) is 10.5 Å². The Labute approximate surface area is 44.1 Å². The molecule has 0 spiro atoms. The van der Waals surface area contributed by atoms with Gasteiger partial charge in [0.25, 0.3) is 0 Å². The van der Waals surface area contributed by atoms with E-state index in [1.54, 1.807) is 0 Å². The van der Waals surface area contributed by atoms with Crippen LogP contribution >= 0.6 is 0 Å². The maximum Gasteiger partial charge on any atom is -0.423 e. The SMILES string of the molecule is [F][Ru-2]([F])([F])([F])[F].[N-]=O. The van der Waals surface area contributed by atoms with Gasteiger partial charge in [0.2, 0.25) is 0 Å². The van der Waals surface area contributed by atoms with Gasteiger partial charge < -0.3 is 10.5 Å². The molecule has 0 aromatic rings. The van der Waals surface area contributed by atoms with E-state index < -0.39 is 16.1 Å². The first-order valence-electron chi connectivity index (χ1n) is 0.851. The molecule has 8 heavy (non-hydrogen) atoms. The first-order chi connectivity index (χ1) is 3.24. The molecule has 0 aromatic heterocycles. The number of rotatable bonds is 0. The van der Waals surface area contributed by atoms with E-state index in [2.05, 4.69) is 0 Å². The molecule has 0 aliphatic rings. The van der Waals surface area contributed by atoms with E-state index in [1.807, 2.05) is 0 Å². The summed E-state index contributed by atoms with van der Waals surface area (Å²) in [6, 6.07) is 0. The van der Waals surface area contributed by atoms with Gasteiger partial charge in [-0.3, -0.25) is 0 Å². The molecule has 0 unspecified atom stereocenters. The molecule has 0 bridgehead atoms. The summed E-state index contributed by atoms with van der Waals surface area (Å²) in [5.74, 6) is 0. The molecular weight excluding hydrogens is 226 g/mol. The summed E-state index contributed by atoms with van der Waals surface area (Å²) in [6.07, 6.45) is 0. The molecule has 0 aliphatic heterocycles. The Balaban J connectivity index is 0. The van der Waals surface area contributed by atoms with Crippen molar-refractivity contribution in [3.63, 3.8) is 0 Å². The van der Waals surface area contributed by atoms with Crippen molar-refractivity contribution in [2.24, 2.45) is 0 Å². The molecule has 2 nitrogen and oxygen atoms in total. The Morgan fingerprint density at radius 3 is 0.875 bits per heavy atom. The summed E-state index contributed by atoms with van der Waals surface area (Å²) in [5, 5.41) is 0. The predicted octanol–water partition coefficient (Wildman–Crippen LogP) is 2.42. The van der Waals surface area contributed by atoms with Crippen LogP contribution in [0.15, 0.2) is 0 Å². The fourth-order valence-electron chi connectivity index (χ4n) is 0. The number of hydrogen-bond donors (Lipinski definition) is 0. The van der Waals surface area contributed by atoms with Crippen molar-refractivity contribution >= 4 is 0 Å². The molecular formula is F5NORu-3. The maximum atomic E-state index is 9.89. The molecule has 0 atom stereocenters. The Kier molecular flexibility index (Phi) is 3.28. The van der Waals surface area contributed by atoms with Crippen LogP contribution in [0.5, 0.6) is 0 Å². The number of nitroso groups, excluding NO2 is 1. The van der Waals surface area contributed by atoms with Crippen molar-refractivity contribution in [2.45, 2.75) is 0 Å². The second kappa shape index (κ2) is 2.43. The van der Waals surface area contributed by atoms with Gasteiger partial charge in [-0.05, 0) is 0 Å². The van der Waals surface area contributed by atoms with Crippen molar-refractivity contribution in [2.75, 3.05) is 0 Å². The Hall–Kier alpha value is -0.127. The standard InChI is InChI=1S/5FH.NO.Ru/c;;;;;1-2;/h5*1H;;/q;;;;;-1;+3/p-5. The van der Waals surface area contributed by atoms with Gasteiger partial charge in [-0.15, -0.1) is 0 Å². The molecule has 57 valence electrons. The van der Waals surface area contributed by atoms with Crippen LogP contribution in [0.3, 0.4) is 0 Å². The maximum absolute atomic E-state index is 9.89. The Bertz CT molecular complexity index is 55.3. The third-order valence-corrected chi connectivity index (χ3v) is 0. The quantitative estimate of drug-likeness (QED) is 0.461. The molecule has 0 aromatic carbocycles.